The van der Waals surface area contributed by atoms with E-state index in [1.165, 1.54) is 9.80 Å². The summed E-state index contributed by atoms with van der Waals surface area (Å²) < 4.78 is 0. The third-order valence-electron chi connectivity index (χ3n) is 6.18. The summed E-state index contributed by atoms with van der Waals surface area (Å²) in [6, 6.07) is -3.05. The van der Waals surface area contributed by atoms with Crippen molar-refractivity contribution >= 4 is 23.7 Å². The topological polar surface area (TPSA) is 159 Å². The predicted molar refractivity (Wildman–Crippen MR) is 115 cm³/mol. The molecule has 0 unspecified atom stereocenters. The number of carboxylic acid groups (broad SMARTS) is 1. The molecule has 3 amide bonds. The SMILES string of the molecule is CC(C)[C@H](NC(=O)[C@@H]1CCCN1C(=O)[C@@H](N)CCCCN)C(=O)N1CCC[C@H]1C(=O)O. The minimum absolute atomic E-state index is 0.226. The van der Waals surface area contributed by atoms with E-state index in [0.717, 1.165) is 12.8 Å². The van der Waals surface area contributed by atoms with Crippen LogP contribution in [0.25, 0.3) is 0 Å². The van der Waals surface area contributed by atoms with Crippen molar-refractivity contribution in [1.29, 1.82) is 0 Å². The van der Waals surface area contributed by atoms with Gasteiger partial charge in [0, 0.05) is 13.1 Å². The molecule has 0 radical (unpaired) electrons. The van der Waals surface area contributed by atoms with E-state index in [1.54, 1.807) is 13.8 Å². The number of hydrogen-bond donors (Lipinski definition) is 4. The molecule has 0 aliphatic carbocycles. The van der Waals surface area contributed by atoms with Gasteiger partial charge in [-0.1, -0.05) is 20.3 Å². The summed E-state index contributed by atoms with van der Waals surface area (Å²) in [6.07, 6.45) is 4.27. The van der Waals surface area contributed by atoms with Crippen molar-refractivity contribution in [3.05, 3.63) is 0 Å². The summed E-state index contributed by atoms with van der Waals surface area (Å²) in [7, 11) is 0. The quantitative estimate of drug-likeness (QED) is 0.339. The summed E-state index contributed by atoms with van der Waals surface area (Å²) in [5.74, 6) is -2.29. The first kappa shape index (κ1) is 25.1. The molecule has 0 bridgehead atoms. The van der Waals surface area contributed by atoms with Crippen LogP contribution in [0.5, 0.6) is 0 Å². The van der Waals surface area contributed by atoms with Gasteiger partial charge in [-0.15, -0.1) is 0 Å². The third-order valence-corrected chi connectivity index (χ3v) is 6.18. The van der Waals surface area contributed by atoms with Gasteiger partial charge in [0.05, 0.1) is 6.04 Å². The molecule has 2 aliphatic rings. The lowest BCUT2D eigenvalue weighted by Gasteiger charge is -2.32. The number of nitrogens with two attached hydrogens (primary N) is 2. The Morgan fingerprint density at radius 1 is 1.00 bits per heavy atom. The van der Waals surface area contributed by atoms with Crippen LogP contribution in [0.2, 0.25) is 0 Å². The van der Waals surface area contributed by atoms with E-state index in [0.29, 0.717) is 51.7 Å². The van der Waals surface area contributed by atoms with E-state index >= 15 is 0 Å². The highest BCUT2D eigenvalue weighted by molar-refractivity contribution is 5.94. The maximum atomic E-state index is 13.1. The Morgan fingerprint density at radius 3 is 2.13 bits per heavy atom. The fourth-order valence-corrected chi connectivity index (χ4v) is 4.38. The molecule has 0 saturated carbocycles. The van der Waals surface area contributed by atoms with Crippen LogP contribution in [0, 0.1) is 5.92 Å². The normalized spacial score (nSPS) is 23.1. The second kappa shape index (κ2) is 11.4. The Hall–Kier alpha value is -2.20. The fourth-order valence-electron chi connectivity index (χ4n) is 4.38. The summed E-state index contributed by atoms with van der Waals surface area (Å²) in [5.41, 5.74) is 11.5. The van der Waals surface area contributed by atoms with Crippen LogP contribution in [0.4, 0.5) is 0 Å². The van der Waals surface area contributed by atoms with Crippen molar-refractivity contribution in [3.63, 3.8) is 0 Å². The highest BCUT2D eigenvalue weighted by atomic mass is 16.4. The van der Waals surface area contributed by atoms with Gasteiger partial charge in [-0.2, -0.15) is 0 Å². The molecule has 2 aliphatic heterocycles. The molecule has 0 spiro atoms. The number of aliphatic carboxylic acids is 1. The van der Waals surface area contributed by atoms with E-state index in [9.17, 15) is 24.3 Å². The van der Waals surface area contributed by atoms with Crippen LogP contribution in [0.1, 0.15) is 58.8 Å². The Kier molecular flexibility index (Phi) is 9.24. The van der Waals surface area contributed by atoms with Crippen LogP contribution in [0.15, 0.2) is 0 Å². The van der Waals surface area contributed by atoms with Crippen molar-refractivity contribution < 1.29 is 24.3 Å². The number of carboxylic acids is 1. The molecule has 0 aromatic carbocycles. The summed E-state index contributed by atoms with van der Waals surface area (Å²) in [5, 5.41) is 12.2. The summed E-state index contributed by atoms with van der Waals surface area (Å²) in [6.45, 7) is 4.97. The van der Waals surface area contributed by atoms with Gasteiger partial charge in [0.2, 0.25) is 17.7 Å². The number of nitrogens with one attached hydrogen (secondary N) is 1. The Balaban J connectivity index is 2.05. The number of amides is 3. The summed E-state index contributed by atoms with van der Waals surface area (Å²) >= 11 is 0. The first-order valence-electron chi connectivity index (χ1n) is 11.3. The molecule has 2 fully saturated rings. The van der Waals surface area contributed by atoms with Crippen molar-refractivity contribution in [2.45, 2.75) is 83.0 Å². The number of hydrogen-bond acceptors (Lipinski definition) is 6. The second-order valence-electron chi connectivity index (χ2n) is 8.84. The first-order valence-corrected chi connectivity index (χ1v) is 11.3. The molecule has 0 aromatic rings. The van der Waals surface area contributed by atoms with E-state index in [2.05, 4.69) is 5.32 Å². The molecule has 176 valence electrons. The van der Waals surface area contributed by atoms with Gasteiger partial charge in [0.15, 0.2) is 0 Å². The first-order chi connectivity index (χ1) is 14.7. The Bertz CT molecular complexity index is 671. The monoisotopic (exact) mass is 439 g/mol. The standard InChI is InChI=1S/C21H37N5O5/c1-13(2)17(20(29)26-12-6-9-16(26)21(30)31)24-18(27)15-8-5-11-25(15)19(28)14(23)7-3-4-10-22/h13-17H,3-12,22-23H2,1-2H3,(H,24,27)(H,30,31)/t14-,15-,16-,17-/m0/s1. The molecule has 31 heavy (non-hydrogen) atoms. The number of likely N-dealkylation sites (tertiary alicyclic amines) is 2. The van der Waals surface area contributed by atoms with Gasteiger partial charge in [0.1, 0.15) is 18.1 Å². The van der Waals surface area contributed by atoms with E-state index in [1.807, 2.05) is 0 Å². The Labute approximate surface area is 183 Å². The second-order valence-corrected chi connectivity index (χ2v) is 8.84. The fraction of sp³-hybridized carbons (Fsp3) is 0.810. The minimum Gasteiger partial charge on any atom is -0.480 e. The largest absolute Gasteiger partial charge is 0.480 e. The zero-order valence-electron chi connectivity index (χ0n) is 18.6. The number of carbonyl (C=O) groups excluding carboxylic acids is 3. The number of carbonyl (C=O) groups is 4. The molecular weight excluding hydrogens is 402 g/mol. The lowest BCUT2D eigenvalue weighted by atomic mass is 10.0. The van der Waals surface area contributed by atoms with Crippen molar-refractivity contribution in [2.24, 2.45) is 17.4 Å². The van der Waals surface area contributed by atoms with E-state index < -0.39 is 36.0 Å². The molecule has 6 N–H and O–H groups in total. The third kappa shape index (κ3) is 6.16. The zero-order chi connectivity index (χ0) is 23.1. The van der Waals surface area contributed by atoms with Crippen molar-refractivity contribution in [2.75, 3.05) is 19.6 Å². The van der Waals surface area contributed by atoms with E-state index in [-0.39, 0.29) is 17.7 Å². The molecule has 0 aromatic heterocycles. The smallest absolute Gasteiger partial charge is 0.326 e. The highest BCUT2D eigenvalue weighted by Crippen LogP contribution is 2.22. The van der Waals surface area contributed by atoms with E-state index in [4.69, 9.17) is 11.5 Å². The lowest BCUT2D eigenvalue weighted by Crippen LogP contribution is -2.58. The molecule has 10 heteroatoms. The van der Waals surface area contributed by atoms with Gasteiger partial charge < -0.3 is 31.7 Å². The zero-order valence-corrected chi connectivity index (χ0v) is 18.6. The molecule has 4 atom stereocenters. The van der Waals surface area contributed by atoms with Crippen LogP contribution < -0.4 is 16.8 Å². The molecule has 2 rings (SSSR count). The average molecular weight is 440 g/mol. The van der Waals surface area contributed by atoms with Crippen LogP contribution in [0.3, 0.4) is 0 Å². The van der Waals surface area contributed by atoms with Gasteiger partial charge >= 0.3 is 5.97 Å². The maximum Gasteiger partial charge on any atom is 0.326 e. The van der Waals surface area contributed by atoms with Crippen LogP contribution in [-0.4, -0.2) is 82.4 Å². The van der Waals surface area contributed by atoms with Gasteiger partial charge in [-0.3, -0.25) is 14.4 Å². The van der Waals surface area contributed by atoms with Gasteiger partial charge in [-0.25, -0.2) is 4.79 Å². The van der Waals surface area contributed by atoms with Gasteiger partial charge in [0.25, 0.3) is 0 Å². The number of unbranched alkanes of at least 4 members (excludes halogenated alkanes) is 1. The van der Waals surface area contributed by atoms with Gasteiger partial charge in [-0.05, 0) is 51.0 Å². The number of nitrogens with zero attached hydrogens (tertiary/aromatic N) is 2. The molecular formula is C21H37N5O5. The molecule has 2 saturated heterocycles. The average Bonchev–Trinajstić information content (AvgIpc) is 3.40. The van der Waals surface area contributed by atoms with Crippen molar-refractivity contribution in [1.82, 2.24) is 15.1 Å². The predicted octanol–water partition coefficient (Wildman–Crippen LogP) is -0.350. The van der Waals surface area contributed by atoms with Crippen LogP contribution >= 0.6 is 0 Å². The molecule has 2 heterocycles. The minimum atomic E-state index is -1.03. The van der Waals surface area contributed by atoms with Crippen molar-refractivity contribution in [3.8, 4) is 0 Å². The maximum absolute atomic E-state index is 13.1. The lowest BCUT2D eigenvalue weighted by molar-refractivity contribution is -0.150. The number of rotatable bonds is 10. The molecule has 10 nitrogen and oxygen atoms in total. The Morgan fingerprint density at radius 2 is 1.58 bits per heavy atom. The highest BCUT2D eigenvalue weighted by Gasteiger charge is 2.41. The summed E-state index contributed by atoms with van der Waals surface area (Å²) in [4.78, 5) is 53.2. The van der Waals surface area contributed by atoms with Crippen LogP contribution in [-0.2, 0) is 19.2 Å².